The predicted molar refractivity (Wildman–Crippen MR) is 102 cm³/mol. The first-order valence-corrected chi connectivity index (χ1v) is 9.94. The first kappa shape index (κ1) is 18.9. The smallest absolute Gasteiger partial charge is 0.340 e. The maximum atomic E-state index is 13.4. The fraction of sp³-hybridized carbons (Fsp3) is 0.619. The number of carbonyl (C=O) groups is 2. The van der Waals surface area contributed by atoms with E-state index in [9.17, 15) is 9.59 Å². The lowest BCUT2D eigenvalue weighted by atomic mass is 10.00. The average molecular weight is 359 g/mol. The number of amides is 1. The molecule has 0 aromatic heterocycles. The van der Waals surface area contributed by atoms with Crippen LogP contribution in [0.4, 0.5) is 5.69 Å². The molecule has 0 unspecified atom stereocenters. The van der Waals surface area contributed by atoms with Gasteiger partial charge in [0.15, 0.2) is 5.54 Å². The number of likely N-dealkylation sites (N-methyl/N-ethyl adjacent to an activating group) is 1. The Morgan fingerprint density at radius 1 is 1.15 bits per heavy atom. The first-order valence-electron chi connectivity index (χ1n) is 9.94. The number of likely N-dealkylation sites (tertiary alicyclic amines) is 1. The SMILES string of the molecule is CCOC(=O)c1cccc(C)c1NC(=O)C1([N+]2(CC)CCCCC2)CC1. The number of anilines is 1. The lowest BCUT2D eigenvalue weighted by Gasteiger charge is -2.46. The Morgan fingerprint density at radius 2 is 1.85 bits per heavy atom. The molecule has 0 bridgehead atoms. The molecule has 2 aliphatic rings. The van der Waals surface area contributed by atoms with E-state index in [0.717, 1.165) is 42.5 Å². The standard InChI is InChI=1S/C21H30N2O3/c1-4-23(14-7-6-8-15-23)21(12-13-21)20(25)22-18-16(3)10-9-11-17(18)19(24)26-5-2/h9-11H,4-8,12-15H2,1-3H3/p+1. The van der Waals surface area contributed by atoms with Gasteiger partial charge in [0.2, 0.25) is 0 Å². The number of esters is 1. The molecule has 2 fully saturated rings. The van der Waals surface area contributed by atoms with Gasteiger partial charge < -0.3 is 14.5 Å². The van der Waals surface area contributed by atoms with Crippen LogP contribution in [0.3, 0.4) is 0 Å². The average Bonchev–Trinajstić information content (AvgIpc) is 3.46. The minimum absolute atomic E-state index is 0.0705. The second kappa shape index (κ2) is 7.39. The van der Waals surface area contributed by atoms with Crippen molar-refractivity contribution in [3.63, 3.8) is 0 Å². The zero-order chi connectivity index (χ0) is 18.8. The molecule has 0 spiro atoms. The Balaban J connectivity index is 1.88. The molecule has 1 aliphatic carbocycles. The summed E-state index contributed by atoms with van der Waals surface area (Å²) in [6.45, 7) is 9.40. The van der Waals surface area contributed by atoms with Crippen LogP contribution in [-0.2, 0) is 9.53 Å². The zero-order valence-corrected chi connectivity index (χ0v) is 16.3. The molecule has 0 atom stereocenters. The molecular weight excluding hydrogens is 328 g/mol. The molecule has 5 nitrogen and oxygen atoms in total. The Bertz CT molecular complexity index is 688. The normalized spacial score (nSPS) is 20.3. The molecule has 1 N–H and O–H groups in total. The summed E-state index contributed by atoms with van der Waals surface area (Å²) >= 11 is 0. The van der Waals surface area contributed by atoms with E-state index in [4.69, 9.17) is 4.74 Å². The van der Waals surface area contributed by atoms with Crippen molar-refractivity contribution in [1.82, 2.24) is 0 Å². The van der Waals surface area contributed by atoms with Gasteiger partial charge in [0.25, 0.3) is 5.91 Å². The molecule has 142 valence electrons. The molecule has 5 heteroatoms. The number of benzene rings is 1. The molecule has 1 aromatic rings. The summed E-state index contributed by atoms with van der Waals surface area (Å²) in [6, 6.07) is 5.48. The second-order valence-electron chi connectivity index (χ2n) is 7.67. The molecule has 26 heavy (non-hydrogen) atoms. The maximum absolute atomic E-state index is 13.4. The monoisotopic (exact) mass is 359 g/mol. The minimum atomic E-state index is -0.381. The quantitative estimate of drug-likeness (QED) is 0.623. The third kappa shape index (κ3) is 3.13. The Morgan fingerprint density at radius 3 is 2.42 bits per heavy atom. The number of hydrogen-bond acceptors (Lipinski definition) is 3. The minimum Gasteiger partial charge on any atom is -0.462 e. The summed E-state index contributed by atoms with van der Waals surface area (Å²) in [7, 11) is 0. The summed E-state index contributed by atoms with van der Waals surface area (Å²) in [5, 5.41) is 3.12. The zero-order valence-electron chi connectivity index (χ0n) is 16.3. The third-order valence-corrected chi connectivity index (χ3v) is 6.34. The molecule has 1 saturated carbocycles. The number of para-hydroxylation sites is 1. The van der Waals surface area contributed by atoms with E-state index < -0.39 is 0 Å². The summed E-state index contributed by atoms with van der Waals surface area (Å²) in [5.41, 5.74) is 1.62. The van der Waals surface area contributed by atoms with Crippen LogP contribution in [0.2, 0.25) is 0 Å². The summed E-state index contributed by atoms with van der Waals surface area (Å²) in [5.74, 6) is -0.310. The van der Waals surface area contributed by atoms with Crippen molar-refractivity contribution in [3.05, 3.63) is 29.3 Å². The molecule has 1 aliphatic heterocycles. The number of quaternary nitrogens is 1. The largest absolute Gasteiger partial charge is 0.462 e. The van der Waals surface area contributed by atoms with Gasteiger partial charge in [0, 0.05) is 12.8 Å². The van der Waals surface area contributed by atoms with Crippen LogP contribution in [0.25, 0.3) is 0 Å². The molecule has 1 heterocycles. The number of aryl methyl sites for hydroxylation is 1. The lowest BCUT2D eigenvalue weighted by Crippen LogP contribution is -2.64. The van der Waals surface area contributed by atoms with Gasteiger partial charge in [-0.3, -0.25) is 4.79 Å². The molecule has 1 amide bonds. The van der Waals surface area contributed by atoms with Crippen molar-refractivity contribution in [1.29, 1.82) is 0 Å². The highest BCUT2D eigenvalue weighted by Gasteiger charge is 2.65. The van der Waals surface area contributed by atoms with Gasteiger partial charge in [-0.15, -0.1) is 0 Å². The van der Waals surface area contributed by atoms with E-state index in [2.05, 4.69) is 12.2 Å². The summed E-state index contributed by atoms with van der Waals surface area (Å²) in [4.78, 5) is 25.7. The van der Waals surface area contributed by atoms with Crippen molar-refractivity contribution < 1.29 is 18.8 Å². The van der Waals surface area contributed by atoms with Crippen LogP contribution in [0.15, 0.2) is 18.2 Å². The van der Waals surface area contributed by atoms with Gasteiger partial charge in [-0.2, -0.15) is 0 Å². The van der Waals surface area contributed by atoms with Gasteiger partial charge >= 0.3 is 5.97 Å². The van der Waals surface area contributed by atoms with Gasteiger partial charge in [-0.25, -0.2) is 4.79 Å². The highest BCUT2D eigenvalue weighted by molar-refractivity contribution is 6.05. The van der Waals surface area contributed by atoms with Crippen LogP contribution in [-0.4, -0.2) is 48.1 Å². The predicted octanol–water partition coefficient (Wildman–Crippen LogP) is 3.66. The van der Waals surface area contributed by atoms with Crippen molar-refractivity contribution in [3.8, 4) is 0 Å². The number of carbonyl (C=O) groups excluding carboxylic acids is 2. The van der Waals surface area contributed by atoms with Crippen LogP contribution in [0.1, 0.15) is 61.9 Å². The Labute approximate surface area is 156 Å². The third-order valence-electron chi connectivity index (χ3n) is 6.34. The number of hydrogen-bond donors (Lipinski definition) is 1. The van der Waals surface area contributed by atoms with Crippen molar-refractivity contribution in [2.45, 2.75) is 58.4 Å². The van der Waals surface area contributed by atoms with Crippen LogP contribution >= 0.6 is 0 Å². The van der Waals surface area contributed by atoms with E-state index in [0.29, 0.717) is 17.9 Å². The fourth-order valence-corrected chi connectivity index (χ4v) is 4.64. The number of nitrogens with zero attached hydrogens (tertiary/aromatic N) is 1. The molecule has 0 radical (unpaired) electrons. The summed E-state index contributed by atoms with van der Waals surface area (Å²) in [6.07, 6.45) is 5.53. The molecule has 3 rings (SSSR count). The van der Waals surface area contributed by atoms with E-state index >= 15 is 0 Å². The van der Waals surface area contributed by atoms with Gasteiger partial charge in [0.1, 0.15) is 0 Å². The highest BCUT2D eigenvalue weighted by atomic mass is 16.5. The maximum Gasteiger partial charge on any atom is 0.340 e. The van der Waals surface area contributed by atoms with Crippen molar-refractivity contribution in [2.24, 2.45) is 0 Å². The van der Waals surface area contributed by atoms with Crippen molar-refractivity contribution in [2.75, 3.05) is 31.6 Å². The Hall–Kier alpha value is -1.88. The fourth-order valence-electron chi connectivity index (χ4n) is 4.64. The van der Waals surface area contributed by atoms with Crippen molar-refractivity contribution >= 4 is 17.6 Å². The van der Waals surface area contributed by atoms with E-state index in [1.165, 1.54) is 19.3 Å². The number of piperidine rings is 1. The number of nitrogens with one attached hydrogen (secondary N) is 1. The molecular formula is C21H31N2O3+. The van der Waals surface area contributed by atoms with E-state index in [1.54, 1.807) is 13.0 Å². The van der Waals surface area contributed by atoms with Gasteiger partial charge in [-0.05, 0) is 51.7 Å². The van der Waals surface area contributed by atoms with Crippen LogP contribution in [0, 0.1) is 6.92 Å². The van der Waals surface area contributed by atoms with Crippen LogP contribution in [0.5, 0.6) is 0 Å². The lowest BCUT2D eigenvalue weighted by molar-refractivity contribution is -0.955. The molecule has 1 aromatic carbocycles. The first-order chi connectivity index (χ1) is 12.5. The van der Waals surface area contributed by atoms with Gasteiger partial charge in [-0.1, -0.05) is 12.1 Å². The van der Waals surface area contributed by atoms with Crippen LogP contribution < -0.4 is 5.32 Å². The summed E-state index contributed by atoms with van der Waals surface area (Å²) < 4.78 is 6.07. The van der Waals surface area contributed by atoms with E-state index in [1.807, 2.05) is 19.1 Å². The molecule has 1 saturated heterocycles. The number of ether oxygens (including phenoxy) is 1. The Kier molecular flexibility index (Phi) is 5.37. The highest BCUT2D eigenvalue weighted by Crippen LogP contribution is 2.49. The number of rotatable bonds is 6. The van der Waals surface area contributed by atoms with Gasteiger partial charge in [0.05, 0.1) is 37.5 Å². The second-order valence-corrected chi connectivity index (χ2v) is 7.67. The van der Waals surface area contributed by atoms with E-state index in [-0.39, 0.29) is 17.4 Å². The topological polar surface area (TPSA) is 55.4 Å².